The molecule has 0 aliphatic carbocycles. The molecule has 0 aliphatic heterocycles. The summed E-state index contributed by atoms with van der Waals surface area (Å²) in [5.74, 6) is -0.654. The van der Waals surface area contributed by atoms with E-state index in [1.54, 1.807) is 37.3 Å². The van der Waals surface area contributed by atoms with Crippen LogP contribution in [0, 0.1) is 5.82 Å². The molecule has 0 atom stereocenters. The van der Waals surface area contributed by atoms with Crippen molar-refractivity contribution in [3.63, 3.8) is 0 Å². The number of benzene rings is 2. The summed E-state index contributed by atoms with van der Waals surface area (Å²) in [6.45, 7) is 2.04. The lowest BCUT2D eigenvalue weighted by molar-refractivity contribution is 0.321. The second-order valence-corrected chi connectivity index (χ2v) is 6.30. The molecule has 0 aliphatic rings. The van der Waals surface area contributed by atoms with Crippen molar-refractivity contribution in [1.82, 2.24) is 0 Å². The van der Waals surface area contributed by atoms with Crippen LogP contribution in [0.2, 0.25) is 0 Å². The van der Waals surface area contributed by atoms with E-state index in [-0.39, 0.29) is 10.6 Å². The zero-order valence-electron chi connectivity index (χ0n) is 11.8. The molecule has 0 bridgehead atoms. The van der Waals surface area contributed by atoms with Gasteiger partial charge in [-0.2, -0.15) is 0 Å². The van der Waals surface area contributed by atoms with Crippen LogP contribution in [-0.4, -0.2) is 22.1 Å². The van der Waals surface area contributed by atoms with Crippen LogP contribution in [0.1, 0.15) is 6.92 Å². The quantitative estimate of drug-likeness (QED) is 0.853. The molecule has 0 radical (unpaired) electrons. The van der Waals surface area contributed by atoms with Crippen LogP contribution in [0.5, 0.6) is 5.75 Å². The first-order valence-electron chi connectivity index (χ1n) is 6.43. The van der Waals surface area contributed by atoms with E-state index < -0.39 is 15.8 Å². The van der Waals surface area contributed by atoms with E-state index in [2.05, 4.69) is 0 Å². The van der Waals surface area contributed by atoms with E-state index in [0.717, 1.165) is 10.4 Å². The van der Waals surface area contributed by atoms with Gasteiger partial charge in [-0.25, -0.2) is 12.8 Å². The maximum atomic E-state index is 13.8. The van der Waals surface area contributed by atoms with E-state index in [4.69, 9.17) is 4.74 Å². The Balaban J connectivity index is 2.38. The van der Waals surface area contributed by atoms with Gasteiger partial charge in [0.05, 0.1) is 17.2 Å². The summed E-state index contributed by atoms with van der Waals surface area (Å²) < 4.78 is 44.9. The Morgan fingerprint density at radius 2 is 1.81 bits per heavy atom. The summed E-state index contributed by atoms with van der Waals surface area (Å²) in [5, 5.41) is 0. The van der Waals surface area contributed by atoms with Gasteiger partial charge in [0, 0.05) is 7.05 Å². The Bertz CT molecular complexity index is 717. The SMILES string of the molecule is CCOc1ccc(S(=O)(=O)N(C)c2ccccc2)cc1F. The van der Waals surface area contributed by atoms with Crippen molar-refractivity contribution in [3.05, 3.63) is 54.3 Å². The van der Waals surface area contributed by atoms with Gasteiger partial charge in [0.2, 0.25) is 0 Å². The smallest absolute Gasteiger partial charge is 0.264 e. The average molecular weight is 309 g/mol. The summed E-state index contributed by atoms with van der Waals surface area (Å²) in [4.78, 5) is -0.116. The summed E-state index contributed by atoms with van der Waals surface area (Å²) >= 11 is 0. The number of hydrogen-bond donors (Lipinski definition) is 0. The Labute approximate surface area is 123 Å². The maximum Gasteiger partial charge on any atom is 0.264 e. The first kappa shape index (κ1) is 15.3. The highest BCUT2D eigenvalue weighted by Gasteiger charge is 2.22. The number of anilines is 1. The second kappa shape index (κ2) is 6.13. The van der Waals surface area contributed by atoms with Crippen LogP contribution < -0.4 is 9.04 Å². The Morgan fingerprint density at radius 3 is 2.38 bits per heavy atom. The minimum Gasteiger partial charge on any atom is -0.491 e. The Morgan fingerprint density at radius 1 is 1.14 bits per heavy atom. The van der Waals surface area contributed by atoms with Crippen molar-refractivity contribution in [2.75, 3.05) is 18.0 Å². The van der Waals surface area contributed by atoms with Crippen LogP contribution in [0.25, 0.3) is 0 Å². The van der Waals surface area contributed by atoms with Gasteiger partial charge in [0.1, 0.15) is 0 Å². The molecule has 0 fully saturated rings. The standard InChI is InChI=1S/C15H16FNO3S/c1-3-20-15-10-9-13(11-14(15)16)21(18,19)17(2)12-7-5-4-6-8-12/h4-11H,3H2,1-2H3. The number of ether oxygens (including phenoxy) is 1. The van der Waals surface area contributed by atoms with Crippen molar-refractivity contribution in [2.24, 2.45) is 0 Å². The number of hydrogen-bond acceptors (Lipinski definition) is 3. The lowest BCUT2D eigenvalue weighted by Gasteiger charge is -2.19. The molecule has 4 nitrogen and oxygen atoms in total. The number of para-hydroxylation sites is 1. The van der Waals surface area contributed by atoms with Crippen molar-refractivity contribution in [3.8, 4) is 5.75 Å². The molecule has 2 aromatic carbocycles. The highest BCUT2D eigenvalue weighted by molar-refractivity contribution is 7.92. The van der Waals surface area contributed by atoms with E-state index in [1.165, 1.54) is 19.2 Å². The molecule has 2 rings (SSSR count). The van der Waals surface area contributed by atoms with Crippen molar-refractivity contribution in [2.45, 2.75) is 11.8 Å². The molecule has 0 N–H and O–H groups in total. The zero-order chi connectivity index (χ0) is 15.5. The minimum atomic E-state index is -3.81. The van der Waals surface area contributed by atoms with Gasteiger partial charge >= 0.3 is 0 Å². The topological polar surface area (TPSA) is 46.6 Å². The predicted molar refractivity (Wildman–Crippen MR) is 79.6 cm³/mol. The molecule has 0 aromatic heterocycles. The zero-order valence-corrected chi connectivity index (χ0v) is 12.6. The number of nitrogens with zero attached hydrogens (tertiary/aromatic N) is 1. The molecule has 21 heavy (non-hydrogen) atoms. The van der Waals surface area contributed by atoms with Gasteiger partial charge in [-0.15, -0.1) is 0 Å². The second-order valence-electron chi connectivity index (χ2n) is 4.33. The van der Waals surface area contributed by atoms with E-state index in [1.807, 2.05) is 0 Å². The van der Waals surface area contributed by atoms with Crippen molar-refractivity contribution < 1.29 is 17.5 Å². The molecule has 0 heterocycles. The average Bonchev–Trinajstić information content (AvgIpc) is 2.49. The molecule has 0 unspecified atom stereocenters. The number of rotatable bonds is 5. The van der Waals surface area contributed by atoms with Gasteiger partial charge in [0.15, 0.2) is 11.6 Å². The molecule has 2 aromatic rings. The highest BCUT2D eigenvalue weighted by atomic mass is 32.2. The van der Waals surface area contributed by atoms with Crippen LogP contribution in [-0.2, 0) is 10.0 Å². The third-order valence-corrected chi connectivity index (χ3v) is 4.76. The predicted octanol–water partition coefficient (Wildman–Crippen LogP) is 3.05. The van der Waals surface area contributed by atoms with Gasteiger partial charge < -0.3 is 4.74 Å². The molecule has 0 saturated carbocycles. The van der Waals surface area contributed by atoms with Crippen LogP contribution >= 0.6 is 0 Å². The number of sulfonamides is 1. The fourth-order valence-electron chi connectivity index (χ4n) is 1.85. The lowest BCUT2D eigenvalue weighted by atomic mass is 10.3. The molecule has 6 heteroatoms. The third kappa shape index (κ3) is 3.16. The molecular formula is C15H16FNO3S. The summed E-state index contributed by atoms with van der Waals surface area (Å²) in [5.41, 5.74) is 0.506. The molecule has 112 valence electrons. The van der Waals surface area contributed by atoms with E-state index >= 15 is 0 Å². The van der Waals surface area contributed by atoms with Gasteiger partial charge in [-0.05, 0) is 37.3 Å². The fraction of sp³-hybridized carbons (Fsp3) is 0.200. The van der Waals surface area contributed by atoms with Crippen LogP contribution in [0.4, 0.5) is 10.1 Å². The third-order valence-electron chi connectivity index (χ3n) is 2.98. The monoisotopic (exact) mass is 309 g/mol. The first-order chi connectivity index (χ1) is 9.96. The molecule has 0 spiro atoms. The normalized spacial score (nSPS) is 11.2. The maximum absolute atomic E-state index is 13.8. The lowest BCUT2D eigenvalue weighted by Crippen LogP contribution is -2.26. The Hall–Kier alpha value is -2.08. The number of halogens is 1. The first-order valence-corrected chi connectivity index (χ1v) is 7.87. The van der Waals surface area contributed by atoms with Crippen LogP contribution in [0.15, 0.2) is 53.4 Å². The fourth-order valence-corrected chi connectivity index (χ4v) is 3.06. The van der Waals surface area contributed by atoms with Crippen molar-refractivity contribution >= 4 is 15.7 Å². The molecular weight excluding hydrogens is 293 g/mol. The van der Waals surface area contributed by atoms with E-state index in [0.29, 0.717) is 12.3 Å². The van der Waals surface area contributed by atoms with E-state index in [9.17, 15) is 12.8 Å². The van der Waals surface area contributed by atoms with Crippen molar-refractivity contribution in [1.29, 1.82) is 0 Å². The van der Waals surface area contributed by atoms with Gasteiger partial charge in [-0.1, -0.05) is 18.2 Å². The molecule has 0 saturated heterocycles. The summed E-state index contributed by atoms with van der Waals surface area (Å²) in [6, 6.07) is 12.2. The minimum absolute atomic E-state index is 0.0406. The van der Waals surface area contributed by atoms with Gasteiger partial charge in [-0.3, -0.25) is 4.31 Å². The van der Waals surface area contributed by atoms with Gasteiger partial charge in [0.25, 0.3) is 10.0 Å². The largest absolute Gasteiger partial charge is 0.491 e. The Kier molecular flexibility index (Phi) is 4.47. The summed E-state index contributed by atoms with van der Waals surface area (Å²) in [6.07, 6.45) is 0. The highest BCUT2D eigenvalue weighted by Crippen LogP contribution is 2.25. The summed E-state index contributed by atoms with van der Waals surface area (Å²) in [7, 11) is -2.38. The molecule has 0 amide bonds. The van der Waals surface area contributed by atoms with Crippen LogP contribution in [0.3, 0.4) is 0 Å².